The van der Waals surface area contributed by atoms with Crippen molar-refractivity contribution in [2.24, 2.45) is 0 Å². The molecule has 0 unspecified atom stereocenters. The molecule has 0 amide bonds. The molecule has 0 aliphatic carbocycles. The third-order valence-corrected chi connectivity index (χ3v) is 2.99. The van der Waals surface area contributed by atoms with Crippen LogP contribution in [0.4, 0.5) is 0 Å². The Balaban J connectivity index is 2.78. The number of rotatable bonds is 2. The summed E-state index contributed by atoms with van der Waals surface area (Å²) in [6.45, 7) is 0. The Morgan fingerprint density at radius 1 is 1.57 bits per heavy atom. The van der Waals surface area contributed by atoms with Crippen molar-refractivity contribution in [1.29, 1.82) is 0 Å². The average molecular weight is 227 g/mol. The van der Waals surface area contributed by atoms with Crippen LogP contribution in [0, 0.1) is 0 Å². The highest BCUT2D eigenvalue weighted by molar-refractivity contribution is 7.99. The van der Waals surface area contributed by atoms with Crippen molar-refractivity contribution in [2.45, 2.75) is 4.90 Å². The molecule has 5 heteroatoms. The third kappa shape index (κ3) is 1.40. The van der Waals surface area contributed by atoms with Crippen molar-refractivity contribution in [3.8, 4) is 0 Å². The van der Waals surface area contributed by atoms with E-state index in [9.17, 15) is 4.79 Å². The van der Waals surface area contributed by atoms with E-state index in [2.05, 4.69) is 9.97 Å². The van der Waals surface area contributed by atoms with Crippen LogP contribution in [0.3, 0.4) is 0 Å². The fourth-order valence-corrected chi connectivity index (χ4v) is 2.29. The molecule has 0 spiro atoms. The lowest BCUT2D eigenvalue weighted by Crippen LogP contribution is -1.92. The van der Waals surface area contributed by atoms with Gasteiger partial charge in [-0.15, -0.1) is 11.8 Å². The number of hydrogen-bond acceptors (Lipinski definition) is 3. The molecule has 3 nitrogen and oxygen atoms in total. The second-order valence-corrected chi connectivity index (χ2v) is 3.88. The van der Waals surface area contributed by atoms with E-state index in [0.29, 0.717) is 5.56 Å². The Morgan fingerprint density at radius 3 is 3.00 bits per heavy atom. The van der Waals surface area contributed by atoms with Crippen molar-refractivity contribution in [3.63, 3.8) is 0 Å². The Morgan fingerprint density at radius 2 is 2.36 bits per heavy atom. The molecule has 1 aromatic carbocycles. The van der Waals surface area contributed by atoms with Gasteiger partial charge in [0.15, 0.2) is 0 Å². The van der Waals surface area contributed by atoms with E-state index in [1.165, 1.54) is 11.8 Å². The maximum Gasteiger partial charge on any atom is 0.253 e. The van der Waals surface area contributed by atoms with Crippen molar-refractivity contribution in [3.05, 3.63) is 24.0 Å². The highest BCUT2D eigenvalue weighted by atomic mass is 35.5. The number of nitrogens with one attached hydrogen (secondary N) is 1. The van der Waals surface area contributed by atoms with E-state index in [1.807, 2.05) is 6.26 Å². The van der Waals surface area contributed by atoms with Gasteiger partial charge in [-0.05, 0) is 30.0 Å². The molecule has 14 heavy (non-hydrogen) atoms. The fourth-order valence-electron chi connectivity index (χ4n) is 1.34. The zero-order valence-electron chi connectivity index (χ0n) is 7.37. The van der Waals surface area contributed by atoms with Crippen LogP contribution in [-0.2, 0) is 0 Å². The number of H-pyrrole nitrogens is 1. The van der Waals surface area contributed by atoms with E-state index in [1.54, 1.807) is 18.5 Å². The van der Waals surface area contributed by atoms with E-state index in [4.69, 9.17) is 11.6 Å². The average Bonchev–Trinajstić information content (AvgIpc) is 2.63. The van der Waals surface area contributed by atoms with Gasteiger partial charge in [0.1, 0.15) is 5.52 Å². The molecule has 2 aromatic rings. The molecule has 0 atom stereocenters. The normalized spacial score (nSPS) is 10.7. The largest absolute Gasteiger partial charge is 0.345 e. The number of imidazole rings is 1. The number of aromatic amines is 1. The summed E-state index contributed by atoms with van der Waals surface area (Å²) >= 11 is 6.93. The number of thioether (sulfide) groups is 1. The molecule has 0 bridgehead atoms. The minimum atomic E-state index is -0.445. The quantitative estimate of drug-likeness (QED) is 0.633. The van der Waals surface area contributed by atoms with Crippen LogP contribution in [0.1, 0.15) is 10.4 Å². The minimum Gasteiger partial charge on any atom is -0.345 e. The van der Waals surface area contributed by atoms with Gasteiger partial charge in [-0.1, -0.05) is 0 Å². The van der Waals surface area contributed by atoms with Crippen molar-refractivity contribution >= 4 is 39.6 Å². The zero-order chi connectivity index (χ0) is 10.1. The summed E-state index contributed by atoms with van der Waals surface area (Å²) in [5.74, 6) is 0. The highest BCUT2D eigenvalue weighted by Gasteiger charge is 2.12. The summed E-state index contributed by atoms with van der Waals surface area (Å²) in [5, 5.41) is -0.445. The number of nitrogens with zero attached hydrogens (tertiary/aromatic N) is 1. The highest BCUT2D eigenvalue weighted by Crippen LogP contribution is 2.28. The number of halogens is 1. The number of hydrogen-bond donors (Lipinski definition) is 1. The summed E-state index contributed by atoms with van der Waals surface area (Å²) < 4.78 is 0. The molecule has 0 fully saturated rings. The summed E-state index contributed by atoms with van der Waals surface area (Å²) in [6.07, 6.45) is 3.50. The predicted octanol–water partition coefficient (Wildman–Crippen LogP) is 2.66. The van der Waals surface area contributed by atoms with Gasteiger partial charge in [0.25, 0.3) is 5.24 Å². The molecular formula is C9H7ClN2OS. The first-order valence-corrected chi connectivity index (χ1v) is 5.54. The van der Waals surface area contributed by atoms with Gasteiger partial charge in [0, 0.05) is 10.5 Å². The number of aromatic nitrogens is 2. The topological polar surface area (TPSA) is 45.8 Å². The van der Waals surface area contributed by atoms with Crippen LogP contribution < -0.4 is 0 Å². The predicted molar refractivity (Wildman–Crippen MR) is 58.1 cm³/mol. The number of fused-ring (bicyclic) bond motifs is 1. The Bertz CT molecular complexity index is 495. The molecule has 1 heterocycles. The van der Waals surface area contributed by atoms with E-state index < -0.39 is 5.24 Å². The zero-order valence-corrected chi connectivity index (χ0v) is 8.95. The Hall–Kier alpha value is -1.00. The minimum absolute atomic E-state index is 0.445. The maximum absolute atomic E-state index is 11.1. The summed E-state index contributed by atoms with van der Waals surface area (Å²) in [6, 6.07) is 3.51. The fraction of sp³-hybridized carbons (Fsp3) is 0.111. The van der Waals surface area contributed by atoms with Gasteiger partial charge >= 0.3 is 0 Å². The standard InChI is InChI=1S/C9H7ClN2OS/c1-14-8-5(9(10)13)2-3-6-7(8)12-4-11-6/h2-4H,1H3,(H,11,12). The second kappa shape index (κ2) is 3.63. The Labute approximate surface area is 89.9 Å². The number of carbonyl (C=O) groups excluding carboxylic acids is 1. The van der Waals surface area contributed by atoms with Crippen molar-refractivity contribution in [1.82, 2.24) is 9.97 Å². The van der Waals surface area contributed by atoms with Crippen LogP contribution >= 0.6 is 23.4 Å². The molecule has 0 aliphatic heterocycles. The van der Waals surface area contributed by atoms with Crippen LogP contribution in [0.15, 0.2) is 23.4 Å². The first-order chi connectivity index (χ1) is 6.74. The number of carbonyl (C=O) groups is 1. The van der Waals surface area contributed by atoms with Crippen molar-refractivity contribution in [2.75, 3.05) is 6.26 Å². The first kappa shape index (κ1) is 9.55. The number of benzene rings is 1. The van der Waals surface area contributed by atoms with Crippen LogP contribution in [0.25, 0.3) is 11.0 Å². The lowest BCUT2D eigenvalue weighted by atomic mass is 10.2. The molecular weight excluding hydrogens is 220 g/mol. The molecule has 72 valence electrons. The third-order valence-electron chi connectivity index (χ3n) is 1.96. The first-order valence-electron chi connectivity index (χ1n) is 3.94. The maximum atomic E-state index is 11.1. The summed E-state index contributed by atoms with van der Waals surface area (Å²) in [5.41, 5.74) is 2.22. The van der Waals surface area contributed by atoms with Gasteiger partial charge in [-0.2, -0.15) is 0 Å². The summed E-state index contributed by atoms with van der Waals surface area (Å²) in [4.78, 5) is 19.1. The van der Waals surface area contributed by atoms with Crippen LogP contribution in [-0.4, -0.2) is 21.5 Å². The van der Waals surface area contributed by atoms with Gasteiger partial charge in [0.2, 0.25) is 0 Å². The lowest BCUT2D eigenvalue weighted by molar-refractivity contribution is 0.107. The Kier molecular flexibility index (Phi) is 2.48. The molecule has 0 saturated heterocycles. The molecule has 0 aliphatic rings. The van der Waals surface area contributed by atoms with Crippen LogP contribution in [0.5, 0.6) is 0 Å². The molecule has 0 radical (unpaired) electrons. The molecule has 2 rings (SSSR count). The lowest BCUT2D eigenvalue weighted by Gasteiger charge is -2.02. The molecule has 0 saturated carbocycles. The van der Waals surface area contributed by atoms with Gasteiger partial charge < -0.3 is 4.98 Å². The second-order valence-electron chi connectivity index (χ2n) is 2.72. The summed E-state index contributed by atoms with van der Waals surface area (Å²) in [7, 11) is 0. The SMILES string of the molecule is CSc1c(C(=O)Cl)ccc2[nH]cnc12. The smallest absolute Gasteiger partial charge is 0.253 e. The van der Waals surface area contributed by atoms with Gasteiger partial charge in [-0.3, -0.25) is 4.79 Å². The monoisotopic (exact) mass is 226 g/mol. The molecule has 1 aromatic heterocycles. The molecule has 1 N–H and O–H groups in total. The van der Waals surface area contributed by atoms with Gasteiger partial charge in [0.05, 0.1) is 11.8 Å². The van der Waals surface area contributed by atoms with Crippen molar-refractivity contribution < 1.29 is 4.79 Å². The van der Waals surface area contributed by atoms with Crippen LogP contribution in [0.2, 0.25) is 0 Å². The van der Waals surface area contributed by atoms with E-state index >= 15 is 0 Å². The van der Waals surface area contributed by atoms with Gasteiger partial charge in [-0.25, -0.2) is 4.98 Å². The van der Waals surface area contributed by atoms with E-state index in [0.717, 1.165) is 15.9 Å². The van der Waals surface area contributed by atoms with E-state index in [-0.39, 0.29) is 0 Å².